The number of benzene rings is 1. The van der Waals surface area contributed by atoms with Crippen molar-refractivity contribution in [3.8, 4) is 0 Å². The highest BCUT2D eigenvalue weighted by Gasteiger charge is 2.20. The molecule has 11 heteroatoms. The number of anilines is 2. The number of imidazole rings is 1. The Morgan fingerprint density at radius 3 is 2.42 bits per heavy atom. The minimum absolute atomic E-state index is 0.0213. The van der Waals surface area contributed by atoms with Gasteiger partial charge in [-0.25, -0.2) is 22.5 Å². The molecule has 2 N–H and O–H groups in total. The van der Waals surface area contributed by atoms with Gasteiger partial charge < -0.3 is 9.84 Å². The Kier molecular flexibility index (Phi) is 4.97. The van der Waals surface area contributed by atoms with Gasteiger partial charge in [0.1, 0.15) is 17.2 Å². The van der Waals surface area contributed by atoms with Crippen molar-refractivity contribution in [3.63, 3.8) is 0 Å². The Morgan fingerprint density at radius 1 is 1.06 bits per heavy atom. The molecule has 0 atom stereocenters. The summed E-state index contributed by atoms with van der Waals surface area (Å²) >= 11 is 0. The number of aromatic nitrogens is 3. The van der Waals surface area contributed by atoms with Gasteiger partial charge in [-0.3, -0.25) is 9.20 Å². The summed E-state index contributed by atoms with van der Waals surface area (Å²) < 4.78 is 47.5. The van der Waals surface area contributed by atoms with Gasteiger partial charge in [-0.05, 0) is 57.2 Å². The van der Waals surface area contributed by atoms with Gasteiger partial charge in [0.05, 0.1) is 16.3 Å². The van der Waals surface area contributed by atoms with Gasteiger partial charge >= 0.3 is 0 Å². The Hall–Kier alpha value is -3.73. The van der Waals surface area contributed by atoms with Crippen LogP contribution < -0.4 is 10.0 Å². The number of hydrogen-bond acceptors (Lipinski definition) is 6. The average Bonchev–Trinajstić information content (AvgIpc) is 3.20. The second-order valence-corrected chi connectivity index (χ2v) is 8.61. The summed E-state index contributed by atoms with van der Waals surface area (Å²) in [5, 5.41) is 6.39. The topological polar surface area (TPSA) is 119 Å². The number of pyridine rings is 1. The van der Waals surface area contributed by atoms with E-state index < -0.39 is 21.7 Å². The predicted octanol–water partition coefficient (Wildman–Crippen LogP) is 3.44. The van der Waals surface area contributed by atoms with Crippen molar-refractivity contribution < 1.29 is 22.1 Å². The molecule has 0 saturated carbocycles. The van der Waals surface area contributed by atoms with E-state index in [0.29, 0.717) is 28.3 Å². The summed E-state index contributed by atoms with van der Waals surface area (Å²) in [5.74, 6) is -0.958. The SMILES string of the molecule is Cc1noc(NS(=O)(=O)c2ccc(NC(=O)c3c(C)nc4ccc(F)cn34)cc2)c1C. The number of fused-ring (bicyclic) bond motifs is 1. The molecular weight excluding hydrogens is 425 g/mol. The highest BCUT2D eigenvalue weighted by atomic mass is 32.2. The molecule has 0 spiro atoms. The number of hydrogen-bond donors (Lipinski definition) is 2. The molecule has 0 aliphatic rings. The van der Waals surface area contributed by atoms with Gasteiger partial charge in [0.15, 0.2) is 0 Å². The Bertz CT molecular complexity index is 1410. The van der Waals surface area contributed by atoms with Crippen LogP contribution in [0.5, 0.6) is 0 Å². The van der Waals surface area contributed by atoms with Gasteiger partial charge in [0.2, 0.25) is 5.88 Å². The maximum absolute atomic E-state index is 13.6. The van der Waals surface area contributed by atoms with Gasteiger partial charge in [0, 0.05) is 17.4 Å². The number of sulfonamides is 1. The van der Waals surface area contributed by atoms with E-state index in [1.54, 1.807) is 20.8 Å². The van der Waals surface area contributed by atoms with E-state index in [1.165, 1.54) is 47.0 Å². The Labute approximate surface area is 176 Å². The second kappa shape index (κ2) is 7.51. The van der Waals surface area contributed by atoms with Crippen molar-refractivity contribution in [1.82, 2.24) is 14.5 Å². The van der Waals surface area contributed by atoms with Crippen LogP contribution in [0.1, 0.15) is 27.4 Å². The fraction of sp³-hybridized carbons (Fsp3) is 0.150. The third-order valence-electron chi connectivity index (χ3n) is 4.78. The summed E-state index contributed by atoms with van der Waals surface area (Å²) in [6.45, 7) is 5.04. The monoisotopic (exact) mass is 443 g/mol. The van der Waals surface area contributed by atoms with E-state index in [-0.39, 0.29) is 16.5 Å². The van der Waals surface area contributed by atoms with E-state index in [1.807, 2.05) is 0 Å². The lowest BCUT2D eigenvalue weighted by Gasteiger charge is -2.09. The molecule has 160 valence electrons. The molecule has 4 aromatic rings. The number of rotatable bonds is 5. The van der Waals surface area contributed by atoms with E-state index in [2.05, 4.69) is 20.2 Å². The standard InChI is InChI=1S/C20H18FN5O4S/c1-11-12(2)24-30-20(11)25-31(28,29)16-7-5-15(6-8-16)23-19(27)18-13(3)22-17-9-4-14(21)10-26(17)18/h4-10,25H,1-3H3,(H,23,27). The molecule has 0 bridgehead atoms. The smallest absolute Gasteiger partial charge is 0.274 e. The molecule has 9 nitrogen and oxygen atoms in total. The van der Waals surface area contributed by atoms with E-state index in [9.17, 15) is 17.6 Å². The molecule has 0 aliphatic heterocycles. The highest BCUT2D eigenvalue weighted by molar-refractivity contribution is 7.92. The molecular formula is C20H18FN5O4S. The number of aryl methyl sites for hydroxylation is 2. The molecule has 0 saturated heterocycles. The highest BCUT2D eigenvalue weighted by Crippen LogP contribution is 2.23. The third-order valence-corrected chi connectivity index (χ3v) is 6.13. The minimum Gasteiger partial charge on any atom is -0.337 e. The van der Waals surface area contributed by atoms with Crippen molar-refractivity contribution in [3.05, 3.63) is 71.1 Å². The maximum Gasteiger partial charge on any atom is 0.274 e. The molecule has 3 heterocycles. The van der Waals surface area contributed by atoms with Crippen molar-refractivity contribution in [2.75, 3.05) is 10.0 Å². The van der Waals surface area contributed by atoms with E-state index in [4.69, 9.17) is 4.52 Å². The third kappa shape index (κ3) is 3.87. The summed E-state index contributed by atoms with van der Waals surface area (Å²) in [6.07, 6.45) is 1.18. The summed E-state index contributed by atoms with van der Waals surface area (Å²) in [4.78, 5) is 17.0. The summed E-state index contributed by atoms with van der Waals surface area (Å²) in [7, 11) is -3.90. The molecule has 0 unspecified atom stereocenters. The first-order valence-electron chi connectivity index (χ1n) is 9.17. The number of amides is 1. The second-order valence-electron chi connectivity index (χ2n) is 6.93. The first kappa shape index (κ1) is 20.5. The van der Waals surface area contributed by atoms with Crippen LogP contribution >= 0.6 is 0 Å². The van der Waals surface area contributed by atoms with E-state index in [0.717, 1.165) is 0 Å². The largest absolute Gasteiger partial charge is 0.337 e. The van der Waals surface area contributed by atoms with Crippen molar-refractivity contribution >= 4 is 33.1 Å². The molecule has 3 aromatic heterocycles. The zero-order valence-electron chi connectivity index (χ0n) is 16.8. The van der Waals surface area contributed by atoms with Gasteiger partial charge in [-0.1, -0.05) is 5.16 Å². The molecule has 31 heavy (non-hydrogen) atoms. The lowest BCUT2D eigenvalue weighted by Crippen LogP contribution is -2.16. The number of carbonyl (C=O) groups excluding carboxylic acids is 1. The van der Waals surface area contributed by atoms with Crippen molar-refractivity contribution in [2.24, 2.45) is 0 Å². The Balaban J connectivity index is 1.55. The quantitative estimate of drug-likeness (QED) is 0.488. The van der Waals surface area contributed by atoms with Crippen LogP contribution in [0.15, 0.2) is 52.0 Å². The van der Waals surface area contributed by atoms with Crippen LogP contribution in [0.3, 0.4) is 0 Å². The fourth-order valence-corrected chi connectivity index (χ4v) is 4.06. The number of carbonyl (C=O) groups is 1. The number of nitrogens with zero attached hydrogens (tertiary/aromatic N) is 3. The van der Waals surface area contributed by atoms with Gasteiger partial charge in [-0.15, -0.1) is 0 Å². The average molecular weight is 443 g/mol. The van der Waals surface area contributed by atoms with Gasteiger partial charge in [-0.2, -0.15) is 0 Å². The van der Waals surface area contributed by atoms with E-state index >= 15 is 0 Å². The zero-order chi connectivity index (χ0) is 22.3. The van der Waals surface area contributed by atoms with Crippen LogP contribution in [0, 0.1) is 26.6 Å². The van der Waals surface area contributed by atoms with Crippen LogP contribution in [0.2, 0.25) is 0 Å². The molecule has 0 radical (unpaired) electrons. The summed E-state index contributed by atoms with van der Waals surface area (Å²) in [5.41, 5.74) is 2.59. The molecule has 1 amide bonds. The lowest BCUT2D eigenvalue weighted by atomic mass is 10.3. The first-order chi connectivity index (χ1) is 14.7. The number of nitrogens with one attached hydrogen (secondary N) is 2. The van der Waals surface area contributed by atoms with Crippen molar-refractivity contribution in [1.29, 1.82) is 0 Å². The summed E-state index contributed by atoms with van der Waals surface area (Å²) in [6, 6.07) is 8.32. The lowest BCUT2D eigenvalue weighted by molar-refractivity contribution is 0.102. The van der Waals surface area contributed by atoms with Gasteiger partial charge in [0.25, 0.3) is 15.9 Å². The van der Waals surface area contributed by atoms with Crippen LogP contribution in [-0.2, 0) is 10.0 Å². The Morgan fingerprint density at radius 2 is 1.77 bits per heavy atom. The maximum atomic E-state index is 13.6. The molecule has 4 rings (SSSR count). The molecule has 0 aliphatic carbocycles. The number of halogens is 1. The van der Waals surface area contributed by atoms with Crippen LogP contribution in [-0.4, -0.2) is 28.9 Å². The normalized spacial score (nSPS) is 11.6. The zero-order valence-corrected chi connectivity index (χ0v) is 17.6. The van der Waals surface area contributed by atoms with Crippen LogP contribution in [0.25, 0.3) is 5.65 Å². The minimum atomic E-state index is -3.90. The van der Waals surface area contributed by atoms with Crippen molar-refractivity contribution in [2.45, 2.75) is 25.7 Å². The van der Waals surface area contributed by atoms with Crippen LogP contribution in [0.4, 0.5) is 16.0 Å². The first-order valence-corrected chi connectivity index (χ1v) is 10.7. The molecule has 1 aromatic carbocycles. The predicted molar refractivity (Wildman–Crippen MR) is 111 cm³/mol. The molecule has 0 fully saturated rings. The fourth-order valence-electron chi connectivity index (χ4n) is 3.01.